The Bertz CT molecular complexity index is 848. The van der Waals surface area contributed by atoms with Gasteiger partial charge in [0.05, 0.1) is 11.1 Å². The third kappa shape index (κ3) is 3.92. The average molecular weight is 340 g/mol. The van der Waals surface area contributed by atoms with Crippen molar-refractivity contribution in [1.82, 2.24) is 10.3 Å². The largest absolute Gasteiger partial charge is 0.351 e. The van der Waals surface area contributed by atoms with Crippen LogP contribution in [0.2, 0.25) is 0 Å². The molecule has 5 heteroatoms. The first-order valence-electron chi connectivity index (χ1n) is 7.69. The molecule has 0 bridgehead atoms. The van der Waals surface area contributed by atoms with E-state index >= 15 is 0 Å². The molecule has 3 aromatic rings. The van der Waals surface area contributed by atoms with Crippen LogP contribution in [0.1, 0.15) is 15.9 Å². The fraction of sp³-hybridized carbons (Fsp3) is 0.158. The summed E-state index contributed by atoms with van der Waals surface area (Å²) < 4.78 is 13.5. The van der Waals surface area contributed by atoms with Crippen LogP contribution in [0.15, 0.2) is 60.8 Å². The van der Waals surface area contributed by atoms with Crippen molar-refractivity contribution in [3.63, 3.8) is 0 Å². The van der Waals surface area contributed by atoms with Gasteiger partial charge in [-0.05, 0) is 23.8 Å². The van der Waals surface area contributed by atoms with E-state index in [1.165, 1.54) is 6.07 Å². The molecule has 0 spiro atoms. The highest BCUT2D eigenvalue weighted by Gasteiger charge is 2.10. The smallest absolute Gasteiger partial charge is 0.253 e. The maximum absolute atomic E-state index is 13.5. The molecule has 0 fully saturated rings. The van der Waals surface area contributed by atoms with Crippen LogP contribution in [-0.4, -0.2) is 23.2 Å². The number of fused-ring (bicyclic) bond motifs is 1. The summed E-state index contributed by atoms with van der Waals surface area (Å²) in [6.45, 7) is 0.529. The van der Waals surface area contributed by atoms with Gasteiger partial charge in [-0.15, -0.1) is 0 Å². The number of thioether (sulfide) groups is 1. The van der Waals surface area contributed by atoms with E-state index < -0.39 is 0 Å². The summed E-state index contributed by atoms with van der Waals surface area (Å²) in [5.41, 5.74) is 1.97. The maximum Gasteiger partial charge on any atom is 0.253 e. The van der Waals surface area contributed by atoms with Gasteiger partial charge in [0.2, 0.25) is 0 Å². The highest BCUT2D eigenvalue weighted by atomic mass is 32.2. The van der Waals surface area contributed by atoms with Crippen LogP contribution < -0.4 is 5.32 Å². The van der Waals surface area contributed by atoms with E-state index in [-0.39, 0.29) is 11.7 Å². The molecule has 1 amide bonds. The van der Waals surface area contributed by atoms with E-state index in [1.54, 1.807) is 36.2 Å². The first-order chi connectivity index (χ1) is 11.8. The molecule has 3 nitrogen and oxygen atoms in total. The molecule has 24 heavy (non-hydrogen) atoms. The normalized spacial score (nSPS) is 10.7. The minimum atomic E-state index is -0.184. The standard InChI is InChI=1S/C19H17FN2OS/c20-17-9-2-1-5-15(17)13-24-12-11-22-19(23)16-8-3-6-14-7-4-10-21-18(14)16/h1-10H,11-13H2,(H,22,23). The van der Waals surface area contributed by atoms with Crippen molar-refractivity contribution in [3.05, 3.63) is 77.7 Å². The van der Waals surface area contributed by atoms with Gasteiger partial charge in [-0.25, -0.2) is 4.39 Å². The lowest BCUT2D eigenvalue weighted by Crippen LogP contribution is -2.26. The molecule has 0 aliphatic heterocycles. The van der Waals surface area contributed by atoms with Crippen molar-refractivity contribution >= 4 is 28.6 Å². The summed E-state index contributed by atoms with van der Waals surface area (Å²) in [5, 5.41) is 3.84. The zero-order valence-electron chi connectivity index (χ0n) is 13.0. The monoisotopic (exact) mass is 340 g/mol. The molecule has 0 saturated carbocycles. The van der Waals surface area contributed by atoms with Crippen molar-refractivity contribution in [3.8, 4) is 0 Å². The lowest BCUT2D eigenvalue weighted by atomic mass is 10.1. The quantitative estimate of drug-likeness (QED) is 0.689. The van der Waals surface area contributed by atoms with E-state index in [0.717, 1.165) is 11.1 Å². The molecule has 0 saturated heterocycles. The Morgan fingerprint density at radius 1 is 1.08 bits per heavy atom. The third-order valence-electron chi connectivity index (χ3n) is 3.62. The van der Waals surface area contributed by atoms with Gasteiger partial charge in [0.1, 0.15) is 5.82 Å². The van der Waals surface area contributed by atoms with E-state index in [2.05, 4.69) is 10.3 Å². The lowest BCUT2D eigenvalue weighted by molar-refractivity contribution is 0.0957. The van der Waals surface area contributed by atoms with Crippen LogP contribution in [0.5, 0.6) is 0 Å². The summed E-state index contributed by atoms with van der Waals surface area (Å²) >= 11 is 1.59. The zero-order valence-corrected chi connectivity index (χ0v) is 13.9. The molecule has 2 aromatic carbocycles. The number of rotatable bonds is 6. The summed E-state index contributed by atoms with van der Waals surface area (Å²) in [4.78, 5) is 16.6. The van der Waals surface area contributed by atoms with Crippen LogP contribution in [0.25, 0.3) is 10.9 Å². The number of para-hydroxylation sites is 1. The number of amides is 1. The van der Waals surface area contributed by atoms with Gasteiger partial charge in [0.15, 0.2) is 0 Å². The highest BCUT2D eigenvalue weighted by molar-refractivity contribution is 7.98. The second-order valence-electron chi connectivity index (χ2n) is 5.28. The summed E-state index contributed by atoms with van der Waals surface area (Å²) in [6.07, 6.45) is 1.68. The van der Waals surface area contributed by atoms with Gasteiger partial charge in [0.25, 0.3) is 5.91 Å². The van der Waals surface area contributed by atoms with Crippen LogP contribution >= 0.6 is 11.8 Å². The zero-order chi connectivity index (χ0) is 16.8. The Morgan fingerprint density at radius 2 is 1.92 bits per heavy atom. The van der Waals surface area contributed by atoms with Crippen molar-refractivity contribution in [2.75, 3.05) is 12.3 Å². The second kappa shape index (κ2) is 7.93. The van der Waals surface area contributed by atoms with Crippen LogP contribution in [0.4, 0.5) is 4.39 Å². The van der Waals surface area contributed by atoms with E-state index in [1.807, 2.05) is 30.3 Å². The SMILES string of the molecule is O=C(NCCSCc1ccccc1F)c1cccc2cccnc12. The Morgan fingerprint density at radius 3 is 2.79 bits per heavy atom. The maximum atomic E-state index is 13.5. The number of carbonyl (C=O) groups is 1. The molecule has 0 unspecified atom stereocenters. The van der Waals surface area contributed by atoms with E-state index in [9.17, 15) is 9.18 Å². The van der Waals surface area contributed by atoms with Crippen molar-refractivity contribution in [2.24, 2.45) is 0 Å². The number of hydrogen-bond donors (Lipinski definition) is 1. The molecule has 0 aliphatic rings. The molecule has 0 radical (unpaired) electrons. The number of aromatic nitrogens is 1. The molecule has 1 heterocycles. The molecule has 0 aliphatic carbocycles. The summed E-state index contributed by atoms with van der Waals surface area (Å²) in [6, 6.07) is 16.1. The van der Waals surface area contributed by atoms with Crippen LogP contribution in [-0.2, 0) is 5.75 Å². The van der Waals surface area contributed by atoms with E-state index in [4.69, 9.17) is 0 Å². The summed E-state index contributed by atoms with van der Waals surface area (Å²) in [5.74, 6) is 0.998. The Kier molecular flexibility index (Phi) is 5.43. The predicted molar refractivity (Wildman–Crippen MR) is 96.6 cm³/mol. The van der Waals surface area contributed by atoms with Crippen molar-refractivity contribution in [1.29, 1.82) is 0 Å². The predicted octanol–water partition coefficient (Wildman–Crippen LogP) is 4.04. The van der Waals surface area contributed by atoms with Crippen molar-refractivity contribution < 1.29 is 9.18 Å². The lowest BCUT2D eigenvalue weighted by Gasteiger charge is -2.08. The van der Waals surface area contributed by atoms with Crippen molar-refractivity contribution in [2.45, 2.75) is 5.75 Å². The Balaban J connectivity index is 1.51. The number of benzene rings is 2. The Hall–Kier alpha value is -2.40. The highest BCUT2D eigenvalue weighted by Crippen LogP contribution is 2.16. The summed E-state index contributed by atoms with van der Waals surface area (Å²) in [7, 11) is 0. The fourth-order valence-electron chi connectivity index (χ4n) is 2.42. The molecule has 1 N–H and O–H groups in total. The fourth-order valence-corrected chi connectivity index (χ4v) is 3.26. The molecule has 3 rings (SSSR count). The molecular formula is C19H17FN2OS. The third-order valence-corrected chi connectivity index (χ3v) is 4.63. The van der Waals surface area contributed by atoms with Gasteiger partial charge in [0, 0.05) is 29.6 Å². The number of nitrogens with zero attached hydrogens (tertiary/aromatic N) is 1. The van der Waals surface area contributed by atoms with Gasteiger partial charge in [-0.1, -0.05) is 36.4 Å². The van der Waals surface area contributed by atoms with Crippen LogP contribution in [0, 0.1) is 5.82 Å². The first kappa shape index (κ1) is 16.5. The number of nitrogens with one attached hydrogen (secondary N) is 1. The minimum absolute atomic E-state index is 0.134. The first-order valence-corrected chi connectivity index (χ1v) is 8.84. The Labute approximate surface area is 144 Å². The minimum Gasteiger partial charge on any atom is -0.351 e. The average Bonchev–Trinajstić information content (AvgIpc) is 2.62. The van der Waals surface area contributed by atoms with Gasteiger partial charge in [-0.2, -0.15) is 11.8 Å². The second-order valence-corrected chi connectivity index (χ2v) is 6.39. The number of carbonyl (C=O) groups excluding carboxylic acids is 1. The molecular weight excluding hydrogens is 323 g/mol. The van der Waals surface area contributed by atoms with Crippen LogP contribution in [0.3, 0.4) is 0 Å². The molecule has 122 valence electrons. The van der Waals surface area contributed by atoms with E-state index in [0.29, 0.717) is 28.9 Å². The number of hydrogen-bond acceptors (Lipinski definition) is 3. The van der Waals surface area contributed by atoms with Gasteiger partial charge >= 0.3 is 0 Å². The molecule has 0 atom stereocenters. The van der Waals surface area contributed by atoms with Gasteiger partial charge in [-0.3, -0.25) is 9.78 Å². The molecule has 1 aromatic heterocycles. The van der Waals surface area contributed by atoms with Gasteiger partial charge < -0.3 is 5.32 Å². The topological polar surface area (TPSA) is 42.0 Å². The number of halogens is 1. The number of pyridine rings is 1.